The highest BCUT2D eigenvalue weighted by molar-refractivity contribution is 6.02. The predicted molar refractivity (Wildman–Crippen MR) is 55.4 cm³/mol. The van der Waals surface area contributed by atoms with Gasteiger partial charge in [-0.3, -0.25) is 4.79 Å². The van der Waals surface area contributed by atoms with Crippen LogP contribution in [0.1, 0.15) is 34.3 Å². The maximum atomic E-state index is 12.0. The summed E-state index contributed by atoms with van der Waals surface area (Å²) in [4.78, 5) is 28.3. The Morgan fingerprint density at radius 1 is 1.56 bits per heavy atom. The van der Waals surface area contributed by atoms with Gasteiger partial charge in [0.1, 0.15) is 5.69 Å². The largest absolute Gasteiger partial charge is 0.476 e. The summed E-state index contributed by atoms with van der Waals surface area (Å²) in [5.74, 6) is -1.39. The van der Waals surface area contributed by atoms with Crippen LogP contribution in [0.25, 0.3) is 0 Å². The Labute approximate surface area is 92.5 Å². The van der Waals surface area contributed by atoms with Crippen molar-refractivity contribution in [2.45, 2.75) is 19.9 Å². The van der Waals surface area contributed by atoms with E-state index in [1.165, 1.54) is 6.33 Å². The molecule has 0 atom stereocenters. The van der Waals surface area contributed by atoms with E-state index in [4.69, 9.17) is 5.11 Å². The van der Waals surface area contributed by atoms with Gasteiger partial charge in [0.2, 0.25) is 0 Å². The molecule has 0 fully saturated rings. The molecule has 6 nitrogen and oxygen atoms in total. The second-order valence-corrected chi connectivity index (χ2v) is 3.73. The summed E-state index contributed by atoms with van der Waals surface area (Å²) >= 11 is 0. The van der Waals surface area contributed by atoms with Crippen LogP contribution in [-0.2, 0) is 6.54 Å². The topological polar surface area (TPSA) is 75.4 Å². The van der Waals surface area contributed by atoms with Gasteiger partial charge < -0.3 is 14.6 Å². The van der Waals surface area contributed by atoms with Crippen LogP contribution in [-0.4, -0.2) is 44.5 Å². The van der Waals surface area contributed by atoms with E-state index in [-0.39, 0.29) is 17.3 Å². The monoisotopic (exact) mass is 223 g/mol. The Morgan fingerprint density at radius 3 is 2.94 bits per heavy atom. The highest BCUT2D eigenvalue weighted by Crippen LogP contribution is 2.16. The minimum absolute atomic E-state index is 0.147. The maximum Gasteiger partial charge on any atom is 0.356 e. The quantitative estimate of drug-likeness (QED) is 0.807. The summed E-state index contributed by atoms with van der Waals surface area (Å²) in [6.45, 7) is 3.87. The number of carboxylic acids is 1. The summed E-state index contributed by atoms with van der Waals surface area (Å²) in [6.07, 6.45) is 2.28. The lowest BCUT2D eigenvalue weighted by molar-refractivity contribution is 0.0650. The number of hydrogen-bond acceptors (Lipinski definition) is 3. The summed E-state index contributed by atoms with van der Waals surface area (Å²) in [5, 5.41) is 8.92. The first kappa shape index (κ1) is 10.7. The first-order valence-corrected chi connectivity index (χ1v) is 5.22. The van der Waals surface area contributed by atoms with Gasteiger partial charge in [0, 0.05) is 19.6 Å². The van der Waals surface area contributed by atoms with Gasteiger partial charge in [-0.15, -0.1) is 0 Å². The zero-order valence-corrected chi connectivity index (χ0v) is 9.01. The number of amides is 1. The van der Waals surface area contributed by atoms with Crippen molar-refractivity contribution in [3.63, 3.8) is 0 Å². The highest BCUT2D eigenvalue weighted by atomic mass is 16.4. The van der Waals surface area contributed by atoms with E-state index in [0.29, 0.717) is 19.6 Å². The van der Waals surface area contributed by atoms with Gasteiger partial charge in [0.05, 0.1) is 6.33 Å². The van der Waals surface area contributed by atoms with Crippen molar-refractivity contribution in [3.05, 3.63) is 17.7 Å². The molecule has 1 aromatic rings. The number of imidazole rings is 1. The van der Waals surface area contributed by atoms with E-state index >= 15 is 0 Å². The molecule has 0 saturated heterocycles. The highest BCUT2D eigenvalue weighted by Gasteiger charge is 2.30. The molecule has 1 aliphatic rings. The number of carboxylic acid groups (broad SMARTS) is 1. The molecule has 2 rings (SSSR count). The lowest BCUT2D eigenvalue weighted by atomic mass is 10.2. The van der Waals surface area contributed by atoms with E-state index in [1.807, 2.05) is 6.92 Å². The molecule has 0 aliphatic carbocycles. The molecule has 2 heterocycles. The SMILES string of the molecule is CCCN1CCn2cnc(C(=O)O)c2C1=O. The summed E-state index contributed by atoms with van der Waals surface area (Å²) in [5.41, 5.74) is 0.0537. The van der Waals surface area contributed by atoms with Gasteiger partial charge in [-0.25, -0.2) is 9.78 Å². The van der Waals surface area contributed by atoms with Gasteiger partial charge in [0.25, 0.3) is 5.91 Å². The molecule has 1 aliphatic heterocycles. The fourth-order valence-corrected chi connectivity index (χ4v) is 1.90. The lowest BCUT2D eigenvalue weighted by Crippen LogP contribution is -2.41. The predicted octanol–water partition coefficient (Wildman–Crippen LogP) is 0.447. The Kier molecular flexibility index (Phi) is 2.64. The zero-order chi connectivity index (χ0) is 11.7. The first-order valence-electron chi connectivity index (χ1n) is 5.22. The number of carbonyl (C=O) groups is 2. The van der Waals surface area contributed by atoms with Crippen molar-refractivity contribution in [1.29, 1.82) is 0 Å². The molecule has 0 unspecified atom stereocenters. The van der Waals surface area contributed by atoms with Crippen molar-refractivity contribution in [3.8, 4) is 0 Å². The van der Waals surface area contributed by atoms with Gasteiger partial charge >= 0.3 is 5.97 Å². The smallest absolute Gasteiger partial charge is 0.356 e. The normalized spacial score (nSPS) is 15.1. The van der Waals surface area contributed by atoms with Crippen molar-refractivity contribution in [2.75, 3.05) is 13.1 Å². The van der Waals surface area contributed by atoms with E-state index in [0.717, 1.165) is 6.42 Å². The second-order valence-electron chi connectivity index (χ2n) is 3.73. The Hall–Kier alpha value is -1.85. The molecule has 0 spiro atoms. The molecule has 1 N–H and O–H groups in total. The molecular weight excluding hydrogens is 210 g/mol. The average Bonchev–Trinajstić information content (AvgIpc) is 2.67. The number of nitrogens with zero attached hydrogens (tertiary/aromatic N) is 3. The van der Waals surface area contributed by atoms with Crippen molar-refractivity contribution < 1.29 is 14.7 Å². The molecule has 0 saturated carbocycles. The Balaban J connectivity index is 2.38. The van der Waals surface area contributed by atoms with Crippen LogP contribution < -0.4 is 0 Å². The minimum Gasteiger partial charge on any atom is -0.476 e. The molecule has 86 valence electrons. The molecule has 1 aromatic heterocycles. The third-order valence-electron chi connectivity index (χ3n) is 2.63. The van der Waals surface area contributed by atoms with Gasteiger partial charge in [-0.05, 0) is 6.42 Å². The second kappa shape index (κ2) is 3.96. The van der Waals surface area contributed by atoms with Crippen LogP contribution in [0.15, 0.2) is 6.33 Å². The van der Waals surface area contributed by atoms with E-state index in [2.05, 4.69) is 4.98 Å². The maximum absolute atomic E-state index is 12.0. The number of rotatable bonds is 3. The lowest BCUT2D eigenvalue weighted by Gasteiger charge is -2.27. The van der Waals surface area contributed by atoms with Crippen LogP contribution in [0.5, 0.6) is 0 Å². The van der Waals surface area contributed by atoms with Crippen molar-refractivity contribution in [1.82, 2.24) is 14.5 Å². The van der Waals surface area contributed by atoms with Gasteiger partial charge in [0.15, 0.2) is 5.69 Å². The van der Waals surface area contributed by atoms with Crippen LogP contribution in [0.3, 0.4) is 0 Å². The van der Waals surface area contributed by atoms with Crippen LogP contribution in [0.2, 0.25) is 0 Å². The molecule has 0 aromatic carbocycles. The van der Waals surface area contributed by atoms with Crippen LogP contribution in [0, 0.1) is 0 Å². The van der Waals surface area contributed by atoms with Crippen LogP contribution >= 0.6 is 0 Å². The average molecular weight is 223 g/mol. The third-order valence-corrected chi connectivity index (χ3v) is 2.63. The standard InChI is InChI=1S/C10H13N3O3/c1-2-3-12-4-5-13-6-11-7(10(15)16)8(13)9(12)14/h6H,2-5H2,1H3,(H,15,16). The number of fused-ring (bicyclic) bond motifs is 1. The Bertz CT molecular complexity index is 439. The summed E-state index contributed by atoms with van der Waals surface area (Å²) in [6, 6.07) is 0. The fraction of sp³-hybridized carbons (Fsp3) is 0.500. The van der Waals surface area contributed by atoms with Crippen molar-refractivity contribution >= 4 is 11.9 Å². The minimum atomic E-state index is -1.15. The molecular formula is C10H13N3O3. The fourth-order valence-electron chi connectivity index (χ4n) is 1.90. The summed E-state index contributed by atoms with van der Waals surface area (Å²) < 4.78 is 1.61. The van der Waals surface area contributed by atoms with E-state index in [1.54, 1.807) is 9.47 Å². The number of aromatic carboxylic acids is 1. The molecule has 6 heteroatoms. The van der Waals surface area contributed by atoms with Gasteiger partial charge in [-0.1, -0.05) is 6.92 Å². The Morgan fingerprint density at radius 2 is 2.31 bits per heavy atom. The number of hydrogen-bond donors (Lipinski definition) is 1. The number of carbonyl (C=O) groups excluding carboxylic acids is 1. The van der Waals surface area contributed by atoms with E-state index < -0.39 is 5.97 Å². The molecule has 1 amide bonds. The molecule has 0 bridgehead atoms. The van der Waals surface area contributed by atoms with E-state index in [9.17, 15) is 9.59 Å². The zero-order valence-electron chi connectivity index (χ0n) is 9.01. The molecule has 0 radical (unpaired) electrons. The molecule has 16 heavy (non-hydrogen) atoms. The summed E-state index contributed by atoms with van der Waals surface area (Å²) in [7, 11) is 0. The van der Waals surface area contributed by atoms with Crippen molar-refractivity contribution in [2.24, 2.45) is 0 Å². The number of aromatic nitrogens is 2. The van der Waals surface area contributed by atoms with Gasteiger partial charge in [-0.2, -0.15) is 0 Å². The van der Waals surface area contributed by atoms with Crippen LogP contribution in [0.4, 0.5) is 0 Å². The first-order chi connectivity index (χ1) is 7.65. The third kappa shape index (κ3) is 1.56.